The van der Waals surface area contributed by atoms with E-state index in [1.807, 2.05) is 5.25 Å². The molecule has 156 valence electrons. The number of nitrogens with one attached hydrogen (secondary N) is 1. The molecule has 0 fully saturated rings. The molecule has 0 amide bonds. The minimum Gasteiger partial charge on any atom is -0.504 e. The van der Waals surface area contributed by atoms with Crippen molar-refractivity contribution in [2.75, 3.05) is 20.0 Å². The highest BCUT2D eigenvalue weighted by atomic mass is 32.3. The Morgan fingerprint density at radius 3 is 2.14 bits per heavy atom. The van der Waals surface area contributed by atoms with Gasteiger partial charge in [-0.3, -0.25) is 0 Å². The summed E-state index contributed by atoms with van der Waals surface area (Å²) >= 11 is 0. The number of aromatic hydroxyl groups is 2. The predicted octanol–water partition coefficient (Wildman–Crippen LogP) is 0.916. The van der Waals surface area contributed by atoms with Crippen LogP contribution in [0.1, 0.15) is 11.1 Å². The maximum absolute atomic E-state index is 12.1. The molecule has 0 saturated carbocycles. The second-order valence-electron chi connectivity index (χ2n) is 5.78. The Kier molecular flexibility index (Phi) is 6.97. The van der Waals surface area contributed by atoms with E-state index in [9.17, 15) is 27.0 Å². The average Bonchev–Trinajstić information content (AvgIpc) is 2.66. The van der Waals surface area contributed by atoms with Gasteiger partial charge in [-0.2, -0.15) is 8.42 Å². The summed E-state index contributed by atoms with van der Waals surface area (Å²) in [6, 6.07) is 8.24. The fraction of sp³-hybridized carbons (Fsp3) is 0.222. The molecule has 2 rings (SSSR count). The molecule has 0 saturated heterocycles. The monoisotopic (exact) mass is 441 g/mol. The van der Waals surface area contributed by atoms with Crippen molar-refractivity contribution in [3.8, 4) is 34.2 Å². The first-order valence-electron chi connectivity index (χ1n) is 8.07. The Hall–Kier alpha value is -2.94. The molecule has 0 heterocycles. The number of ether oxygens (including phenoxy) is 2. The largest absolute Gasteiger partial charge is 0.504 e. The second-order valence-corrected chi connectivity index (χ2v) is 9.29. The smallest absolute Gasteiger partial charge is 0.293 e. The van der Waals surface area contributed by atoms with Crippen molar-refractivity contribution in [3.63, 3.8) is 0 Å². The first-order valence-corrected chi connectivity index (χ1v) is 11.2. The maximum Gasteiger partial charge on any atom is 0.293 e. The van der Waals surface area contributed by atoms with Crippen molar-refractivity contribution in [3.05, 3.63) is 47.5 Å². The van der Waals surface area contributed by atoms with Crippen LogP contribution in [0.2, 0.25) is 0 Å². The zero-order valence-electron chi connectivity index (χ0n) is 15.5. The Morgan fingerprint density at radius 1 is 0.931 bits per heavy atom. The van der Waals surface area contributed by atoms with Crippen molar-refractivity contribution < 1.29 is 36.5 Å². The topological polar surface area (TPSA) is 139 Å². The third-order valence-corrected chi connectivity index (χ3v) is 6.66. The molecule has 11 heteroatoms. The molecule has 0 unspecified atom stereocenters. The molecule has 29 heavy (non-hydrogen) atoms. The minimum atomic E-state index is -4.46. The van der Waals surface area contributed by atoms with Crippen LogP contribution in [-0.2, 0) is 26.5 Å². The van der Waals surface area contributed by atoms with E-state index in [1.54, 1.807) is 4.13 Å². The number of hydrogen-bond donors (Lipinski definition) is 3. The van der Waals surface area contributed by atoms with Gasteiger partial charge in [0.05, 0.1) is 20.0 Å². The van der Waals surface area contributed by atoms with E-state index < -0.39 is 25.8 Å². The third kappa shape index (κ3) is 6.56. The minimum absolute atomic E-state index is 0.00984. The van der Waals surface area contributed by atoms with Gasteiger partial charge in [-0.25, -0.2) is 8.42 Å². The van der Waals surface area contributed by atoms with E-state index in [0.29, 0.717) is 5.56 Å². The Bertz CT molecular complexity index is 1160. The van der Waals surface area contributed by atoms with Crippen molar-refractivity contribution in [1.29, 1.82) is 0 Å². The van der Waals surface area contributed by atoms with Crippen LogP contribution in [-0.4, -0.2) is 47.0 Å². The van der Waals surface area contributed by atoms with Crippen LogP contribution in [0.5, 0.6) is 23.0 Å². The summed E-state index contributed by atoms with van der Waals surface area (Å²) in [6.45, 7) is 0. The number of methoxy groups -OCH3 is 2. The third-order valence-electron chi connectivity index (χ3n) is 3.65. The molecular weight excluding hydrogens is 422 g/mol. The average molecular weight is 441 g/mol. The molecule has 2 aromatic carbocycles. The summed E-state index contributed by atoms with van der Waals surface area (Å²) < 4.78 is 59.6. The summed E-state index contributed by atoms with van der Waals surface area (Å²) in [7, 11) is -5.98. The van der Waals surface area contributed by atoms with Gasteiger partial charge in [-0.15, -0.1) is 0 Å². The highest BCUT2D eigenvalue weighted by Gasteiger charge is 2.19. The van der Waals surface area contributed by atoms with E-state index in [-0.39, 0.29) is 35.0 Å². The first-order chi connectivity index (χ1) is 13.5. The van der Waals surface area contributed by atoms with Crippen LogP contribution in [0.3, 0.4) is 0 Å². The van der Waals surface area contributed by atoms with Crippen LogP contribution in [0.15, 0.2) is 36.4 Å². The zero-order chi connectivity index (χ0) is 21.7. The highest BCUT2D eigenvalue weighted by Crippen LogP contribution is 2.27. The summed E-state index contributed by atoms with van der Waals surface area (Å²) in [5.74, 6) is 1.82. The van der Waals surface area contributed by atoms with Crippen LogP contribution in [0.4, 0.5) is 0 Å². The fourth-order valence-electron chi connectivity index (χ4n) is 2.24. The standard InChI is InChI=1S/C18H19NO8S2/c1-26-17-11-13(3-5-15(17)20)7-9-28(22,23)19-29(24,25)10-8-14-4-6-16(21)18(12-14)27-2/h3-6,11-12,19-21H,7,9H2,1-2H3. The molecule has 3 N–H and O–H groups in total. The van der Waals surface area contributed by atoms with Crippen molar-refractivity contribution in [1.82, 2.24) is 4.13 Å². The van der Waals surface area contributed by atoms with Gasteiger partial charge in [0.25, 0.3) is 10.0 Å². The van der Waals surface area contributed by atoms with Gasteiger partial charge in [-0.05, 0) is 48.2 Å². The quantitative estimate of drug-likeness (QED) is 0.539. The lowest BCUT2D eigenvalue weighted by atomic mass is 10.1. The number of aryl methyl sites for hydroxylation is 1. The molecule has 9 nitrogen and oxygen atoms in total. The van der Waals surface area contributed by atoms with Gasteiger partial charge < -0.3 is 19.7 Å². The Morgan fingerprint density at radius 2 is 1.52 bits per heavy atom. The van der Waals surface area contributed by atoms with E-state index in [4.69, 9.17) is 9.47 Å². The number of benzene rings is 2. The lowest BCUT2D eigenvalue weighted by molar-refractivity contribution is 0.373. The van der Waals surface area contributed by atoms with Crippen LogP contribution in [0, 0.1) is 11.2 Å². The number of phenols is 2. The van der Waals surface area contributed by atoms with Gasteiger partial charge >= 0.3 is 0 Å². The molecule has 0 aliphatic heterocycles. The van der Waals surface area contributed by atoms with Gasteiger partial charge in [-0.1, -0.05) is 10.2 Å². The van der Waals surface area contributed by atoms with Crippen LogP contribution < -0.4 is 13.6 Å². The summed E-state index contributed by atoms with van der Waals surface area (Å²) in [6.07, 6.45) is -0.00984. The lowest BCUT2D eigenvalue weighted by Gasteiger charge is -2.07. The molecule has 0 radical (unpaired) electrons. The van der Waals surface area contributed by atoms with E-state index in [2.05, 4.69) is 5.92 Å². The van der Waals surface area contributed by atoms with E-state index in [0.717, 1.165) is 0 Å². The molecule has 0 spiro atoms. The Balaban J connectivity index is 2.09. The van der Waals surface area contributed by atoms with Crippen molar-refractivity contribution in [2.45, 2.75) is 6.42 Å². The van der Waals surface area contributed by atoms with E-state index >= 15 is 0 Å². The van der Waals surface area contributed by atoms with Crippen LogP contribution >= 0.6 is 0 Å². The summed E-state index contributed by atoms with van der Waals surface area (Å²) in [4.78, 5) is 0. The number of phenolic OH excluding ortho intramolecular Hbond substituents is 2. The Labute approximate surface area is 169 Å². The fourth-order valence-corrected chi connectivity index (χ4v) is 4.83. The van der Waals surface area contributed by atoms with Crippen molar-refractivity contribution >= 4 is 20.0 Å². The van der Waals surface area contributed by atoms with E-state index in [1.165, 1.54) is 50.6 Å². The van der Waals surface area contributed by atoms with Gasteiger partial charge in [0.1, 0.15) is 0 Å². The summed E-state index contributed by atoms with van der Waals surface area (Å²) in [5, 5.41) is 20.9. The first kappa shape index (κ1) is 22.4. The maximum atomic E-state index is 12.1. The molecule has 0 aromatic heterocycles. The highest BCUT2D eigenvalue weighted by molar-refractivity contribution is 8.07. The molecule has 0 aliphatic rings. The summed E-state index contributed by atoms with van der Waals surface area (Å²) in [5.41, 5.74) is 0.739. The second kappa shape index (κ2) is 9.04. The zero-order valence-corrected chi connectivity index (χ0v) is 17.2. The normalized spacial score (nSPS) is 11.4. The number of rotatable bonds is 7. The molecule has 0 aliphatic carbocycles. The van der Waals surface area contributed by atoms with Gasteiger partial charge in [0.15, 0.2) is 23.0 Å². The molecule has 0 atom stereocenters. The number of hydrogen-bond acceptors (Lipinski definition) is 8. The predicted molar refractivity (Wildman–Crippen MR) is 106 cm³/mol. The SMILES string of the molecule is COc1cc(C#CS(=O)(=O)NS(=O)(=O)CCc2ccc(O)c(OC)c2)ccc1O. The van der Waals surface area contributed by atoms with Gasteiger partial charge in [0, 0.05) is 10.8 Å². The van der Waals surface area contributed by atoms with Crippen molar-refractivity contribution in [2.24, 2.45) is 0 Å². The van der Waals surface area contributed by atoms with Crippen LogP contribution in [0.25, 0.3) is 0 Å². The van der Waals surface area contributed by atoms with Gasteiger partial charge in [0.2, 0.25) is 10.0 Å². The molecule has 0 bridgehead atoms. The lowest BCUT2D eigenvalue weighted by Crippen LogP contribution is -2.32. The number of sulfonamides is 2. The molecule has 2 aromatic rings. The molecular formula is C18H19NO8S2.